The Hall–Kier alpha value is -3.09. The lowest BCUT2D eigenvalue weighted by Gasteiger charge is -2.23. The van der Waals surface area contributed by atoms with Crippen molar-refractivity contribution in [3.05, 3.63) is 59.9 Å². The Morgan fingerprint density at radius 3 is 2.47 bits per heavy atom. The zero-order chi connectivity index (χ0) is 21.6. The number of alkyl carbamates (subject to hydrolysis) is 1. The van der Waals surface area contributed by atoms with E-state index in [2.05, 4.69) is 15.6 Å². The second-order valence-electron chi connectivity index (χ2n) is 8.45. The third-order valence-corrected chi connectivity index (χ3v) is 4.39. The fraction of sp³-hybridized carbons (Fsp3) is 0.435. The first-order chi connectivity index (χ1) is 14.3. The molecular weight excluding hydrogens is 382 g/mol. The number of carbonyl (C=O) groups is 2. The number of nitrogens with zero attached hydrogens (tertiary/aromatic N) is 1. The molecule has 2 N–H and O–H groups in total. The molecule has 1 saturated carbocycles. The summed E-state index contributed by atoms with van der Waals surface area (Å²) in [4.78, 5) is 29.2. The summed E-state index contributed by atoms with van der Waals surface area (Å²) < 4.78 is 11.0. The number of amides is 2. The van der Waals surface area contributed by atoms with Crippen LogP contribution >= 0.6 is 0 Å². The first-order valence-electron chi connectivity index (χ1n) is 10.2. The third-order valence-electron chi connectivity index (χ3n) is 4.39. The number of ether oxygens (including phenoxy) is 2. The Morgan fingerprint density at radius 1 is 1.13 bits per heavy atom. The van der Waals surface area contributed by atoms with Gasteiger partial charge in [-0.25, -0.2) is 4.79 Å². The van der Waals surface area contributed by atoms with Gasteiger partial charge in [0, 0.05) is 18.2 Å². The molecule has 7 heteroatoms. The number of rotatable bonds is 8. The predicted octanol–water partition coefficient (Wildman–Crippen LogP) is 3.38. The van der Waals surface area contributed by atoms with Crippen molar-refractivity contribution in [2.75, 3.05) is 0 Å². The minimum absolute atomic E-state index is 0.196. The Bertz CT molecular complexity index is 843. The number of hydrogen-bond donors (Lipinski definition) is 2. The molecule has 1 heterocycles. The van der Waals surface area contributed by atoms with Gasteiger partial charge < -0.3 is 20.1 Å². The lowest BCUT2D eigenvalue weighted by Crippen LogP contribution is -2.49. The van der Waals surface area contributed by atoms with Gasteiger partial charge in [-0.15, -0.1) is 0 Å². The number of hydrogen-bond acceptors (Lipinski definition) is 5. The number of benzene rings is 1. The van der Waals surface area contributed by atoms with E-state index < -0.39 is 17.7 Å². The van der Waals surface area contributed by atoms with E-state index in [9.17, 15) is 9.59 Å². The van der Waals surface area contributed by atoms with Crippen LogP contribution in [0.25, 0.3) is 0 Å². The first-order valence-corrected chi connectivity index (χ1v) is 10.2. The molecule has 1 fully saturated rings. The number of nitrogens with one attached hydrogen (secondary N) is 2. The minimum Gasteiger partial charge on any atom is -0.487 e. The molecule has 1 atom stereocenters. The minimum atomic E-state index is -0.760. The van der Waals surface area contributed by atoms with Crippen molar-refractivity contribution in [3.63, 3.8) is 0 Å². The SMILES string of the molecule is CC(C)(C)OC(=O)NC(Cc1ccc(OCc2ccccc2)cn1)C(=O)NC1CC1. The standard InChI is InChI=1S/C23H29N3O4/c1-23(2,3)30-22(28)26-20(21(27)25-17-9-10-17)13-18-11-12-19(14-24-18)29-15-16-7-5-4-6-8-16/h4-8,11-12,14,17,20H,9-10,13,15H2,1-3H3,(H,25,27)(H,26,28). The Balaban J connectivity index is 1.59. The predicted molar refractivity (Wildman–Crippen MR) is 113 cm³/mol. The van der Waals surface area contributed by atoms with Gasteiger partial charge in [0.05, 0.1) is 6.20 Å². The maximum atomic E-state index is 12.6. The van der Waals surface area contributed by atoms with E-state index in [1.165, 1.54) is 0 Å². The smallest absolute Gasteiger partial charge is 0.408 e. The summed E-state index contributed by atoms with van der Waals surface area (Å²) in [6.45, 7) is 5.79. The van der Waals surface area contributed by atoms with E-state index in [0.717, 1.165) is 18.4 Å². The van der Waals surface area contributed by atoms with Gasteiger partial charge in [-0.1, -0.05) is 30.3 Å². The summed E-state index contributed by atoms with van der Waals surface area (Å²) >= 11 is 0. The van der Waals surface area contributed by atoms with Crippen LogP contribution in [-0.2, 0) is 22.6 Å². The highest BCUT2D eigenvalue weighted by molar-refractivity contribution is 5.86. The Morgan fingerprint density at radius 2 is 1.87 bits per heavy atom. The normalized spacial score (nSPS) is 14.5. The van der Waals surface area contributed by atoms with Gasteiger partial charge in [-0.05, 0) is 51.3 Å². The molecule has 1 unspecified atom stereocenters. The van der Waals surface area contributed by atoms with Gasteiger partial charge in [0.1, 0.15) is 24.0 Å². The topological polar surface area (TPSA) is 89.6 Å². The fourth-order valence-corrected chi connectivity index (χ4v) is 2.76. The van der Waals surface area contributed by atoms with Crippen molar-refractivity contribution < 1.29 is 19.1 Å². The molecule has 1 aliphatic rings. The summed E-state index contributed by atoms with van der Waals surface area (Å²) in [6, 6.07) is 12.9. The first kappa shape index (κ1) is 21.6. The van der Waals surface area contributed by atoms with Crippen LogP contribution in [0.2, 0.25) is 0 Å². The fourth-order valence-electron chi connectivity index (χ4n) is 2.76. The number of aromatic nitrogens is 1. The molecular formula is C23H29N3O4. The third kappa shape index (κ3) is 7.39. The van der Waals surface area contributed by atoms with Crippen LogP contribution in [0.15, 0.2) is 48.7 Å². The van der Waals surface area contributed by atoms with Crippen LogP contribution in [0, 0.1) is 0 Å². The van der Waals surface area contributed by atoms with Crippen LogP contribution in [-0.4, -0.2) is 34.7 Å². The van der Waals surface area contributed by atoms with E-state index in [4.69, 9.17) is 9.47 Å². The molecule has 2 aromatic rings. The largest absolute Gasteiger partial charge is 0.487 e. The summed E-state index contributed by atoms with van der Waals surface area (Å²) in [7, 11) is 0. The summed E-state index contributed by atoms with van der Waals surface area (Å²) in [6.07, 6.45) is 3.20. The van der Waals surface area contributed by atoms with E-state index in [1.807, 2.05) is 36.4 Å². The van der Waals surface area contributed by atoms with Gasteiger partial charge in [-0.2, -0.15) is 0 Å². The number of pyridine rings is 1. The second kappa shape index (κ2) is 9.61. The van der Waals surface area contributed by atoms with Gasteiger partial charge in [-0.3, -0.25) is 9.78 Å². The van der Waals surface area contributed by atoms with Crippen molar-refractivity contribution in [1.82, 2.24) is 15.6 Å². The quantitative estimate of drug-likeness (QED) is 0.695. The molecule has 0 bridgehead atoms. The molecule has 0 aliphatic heterocycles. The van der Waals surface area contributed by atoms with Crippen LogP contribution in [0.3, 0.4) is 0 Å². The van der Waals surface area contributed by atoms with Crippen molar-refractivity contribution in [3.8, 4) is 5.75 Å². The molecule has 1 aromatic carbocycles. The second-order valence-corrected chi connectivity index (χ2v) is 8.45. The highest BCUT2D eigenvalue weighted by atomic mass is 16.6. The van der Waals surface area contributed by atoms with Crippen molar-refractivity contribution in [1.29, 1.82) is 0 Å². The Kier molecular flexibility index (Phi) is 6.92. The molecule has 7 nitrogen and oxygen atoms in total. The molecule has 0 radical (unpaired) electrons. The van der Waals surface area contributed by atoms with Crippen LogP contribution in [0.1, 0.15) is 44.9 Å². The molecule has 3 rings (SSSR count). The molecule has 2 amide bonds. The van der Waals surface area contributed by atoms with Crippen LogP contribution in [0.4, 0.5) is 4.79 Å². The van der Waals surface area contributed by atoms with E-state index >= 15 is 0 Å². The van der Waals surface area contributed by atoms with E-state index in [0.29, 0.717) is 18.1 Å². The van der Waals surface area contributed by atoms with E-state index in [1.54, 1.807) is 33.0 Å². The summed E-state index contributed by atoms with van der Waals surface area (Å²) in [5.74, 6) is 0.413. The molecule has 0 saturated heterocycles. The van der Waals surface area contributed by atoms with Gasteiger partial charge in [0.2, 0.25) is 5.91 Å². The van der Waals surface area contributed by atoms with Crippen molar-refractivity contribution in [2.45, 2.75) is 64.3 Å². The zero-order valence-corrected chi connectivity index (χ0v) is 17.7. The lowest BCUT2D eigenvalue weighted by molar-refractivity contribution is -0.123. The molecule has 1 aromatic heterocycles. The molecule has 30 heavy (non-hydrogen) atoms. The van der Waals surface area contributed by atoms with Crippen LogP contribution in [0.5, 0.6) is 5.75 Å². The van der Waals surface area contributed by atoms with Crippen molar-refractivity contribution in [2.24, 2.45) is 0 Å². The Labute approximate surface area is 177 Å². The maximum Gasteiger partial charge on any atom is 0.408 e. The van der Waals surface area contributed by atoms with Crippen LogP contribution < -0.4 is 15.4 Å². The molecule has 1 aliphatic carbocycles. The average Bonchev–Trinajstić information content (AvgIpc) is 3.50. The molecule has 0 spiro atoms. The zero-order valence-electron chi connectivity index (χ0n) is 17.7. The van der Waals surface area contributed by atoms with Gasteiger partial charge in [0.25, 0.3) is 0 Å². The van der Waals surface area contributed by atoms with Crippen molar-refractivity contribution >= 4 is 12.0 Å². The highest BCUT2D eigenvalue weighted by Crippen LogP contribution is 2.19. The average molecular weight is 412 g/mol. The van der Waals surface area contributed by atoms with Gasteiger partial charge in [0.15, 0.2) is 0 Å². The lowest BCUT2D eigenvalue weighted by atomic mass is 10.1. The molecule has 160 valence electrons. The highest BCUT2D eigenvalue weighted by Gasteiger charge is 2.30. The van der Waals surface area contributed by atoms with E-state index in [-0.39, 0.29) is 18.4 Å². The maximum absolute atomic E-state index is 12.6. The summed E-state index contributed by atoms with van der Waals surface area (Å²) in [5.41, 5.74) is 1.10. The van der Waals surface area contributed by atoms with Gasteiger partial charge >= 0.3 is 6.09 Å². The monoisotopic (exact) mass is 411 g/mol. The number of carbonyl (C=O) groups excluding carboxylic acids is 2. The summed E-state index contributed by atoms with van der Waals surface area (Å²) in [5, 5.41) is 5.60.